The highest BCUT2D eigenvalue weighted by molar-refractivity contribution is 6.43. The number of rotatable bonds is 5. The van der Waals surface area contributed by atoms with Gasteiger partial charge in [0.25, 0.3) is 0 Å². The Kier molecular flexibility index (Phi) is 5.47. The van der Waals surface area contributed by atoms with Crippen molar-refractivity contribution in [3.63, 3.8) is 0 Å². The van der Waals surface area contributed by atoms with E-state index >= 15 is 0 Å². The second-order valence-corrected chi connectivity index (χ2v) is 5.43. The highest BCUT2D eigenvalue weighted by Crippen LogP contribution is 2.30. The third-order valence-corrected chi connectivity index (χ3v) is 3.82. The van der Waals surface area contributed by atoms with Crippen molar-refractivity contribution in [2.45, 2.75) is 6.92 Å². The first-order chi connectivity index (χ1) is 10.5. The maximum Gasteiger partial charge on any atom is 0.187 e. The molecule has 0 unspecified atom stereocenters. The van der Waals surface area contributed by atoms with Crippen LogP contribution in [0.25, 0.3) is 0 Å². The number of ketones is 1. The number of ether oxygens (including phenoxy) is 1. The lowest BCUT2D eigenvalue weighted by Crippen LogP contribution is -2.02. The standard InChI is InChI=1S/C17H15Cl2NO2/c1-11(20-15-5-3-4-14(18)17(15)19)10-16(21)12-6-8-13(22-2)9-7-12/h3-10,20H,1-2H3/b11-10+. The van der Waals surface area contributed by atoms with Crippen LogP contribution in [0, 0.1) is 0 Å². The number of methoxy groups -OCH3 is 1. The Morgan fingerprint density at radius 1 is 1.14 bits per heavy atom. The van der Waals surface area contributed by atoms with Crippen LogP contribution in [0.2, 0.25) is 10.0 Å². The topological polar surface area (TPSA) is 38.3 Å². The average Bonchev–Trinajstić information content (AvgIpc) is 2.52. The molecule has 0 saturated heterocycles. The Morgan fingerprint density at radius 2 is 1.82 bits per heavy atom. The molecule has 0 aliphatic rings. The van der Waals surface area contributed by atoms with Crippen LogP contribution in [0.4, 0.5) is 5.69 Å². The van der Waals surface area contributed by atoms with Crippen LogP contribution in [0.3, 0.4) is 0 Å². The molecule has 0 aliphatic carbocycles. The largest absolute Gasteiger partial charge is 0.497 e. The fourth-order valence-electron chi connectivity index (χ4n) is 1.88. The maximum atomic E-state index is 12.2. The van der Waals surface area contributed by atoms with Crippen LogP contribution >= 0.6 is 23.2 Å². The van der Waals surface area contributed by atoms with Crippen LogP contribution < -0.4 is 10.1 Å². The van der Waals surface area contributed by atoms with Crippen molar-refractivity contribution in [2.75, 3.05) is 12.4 Å². The Morgan fingerprint density at radius 3 is 2.45 bits per heavy atom. The molecule has 0 aromatic heterocycles. The van der Waals surface area contributed by atoms with E-state index in [2.05, 4.69) is 5.32 Å². The smallest absolute Gasteiger partial charge is 0.187 e. The van der Waals surface area contributed by atoms with E-state index in [-0.39, 0.29) is 5.78 Å². The third-order valence-electron chi connectivity index (χ3n) is 3.01. The number of anilines is 1. The number of hydrogen-bond donors (Lipinski definition) is 1. The first-order valence-corrected chi connectivity index (χ1v) is 7.34. The van der Waals surface area contributed by atoms with Crippen molar-refractivity contribution in [3.05, 3.63) is 69.8 Å². The van der Waals surface area contributed by atoms with Crippen molar-refractivity contribution >= 4 is 34.7 Å². The van der Waals surface area contributed by atoms with Gasteiger partial charge in [0.1, 0.15) is 5.75 Å². The quantitative estimate of drug-likeness (QED) is 0.602. The van der Waals surface area contributed by atoms with E-state index in [1.807, 2.05) is 0 Å². The van der Waals surface area contributed by atoms with Crippen LogP contribution in [0.1, 0.15) is 17.3 Å². The van der Waals surface area contributed by atoms with Gasteiger partial charge in [-0.2, -0.15) is 0 Å². The summed E-state index contributed by atoms with van der Waals surface area (Å²) in [5.41, 5.74) is 1.91. The maximum absolute atomic E-state index is 12.2. The van der Waals surface area contributed by atoms with Gasteiger partial charge in [-0.25, -0.2) is 0 Å². The van der Waals surface area contributed by atoms with Gasteiger partial charge in [0.15, 0.2) is 5.78 Å². The fourth-order valence-corrected chi connectivity index (χ4v) is 2.23. The van der Waals surface area contributed by atoms with Crippen LogP contribution in [0.15, 0.2) is 54.2 Å². The molecule has 0 radical (unpaired) electrons. The molecule has 0 saturated carbocycles. The molecule has 2 aromatic rings. The Balaban J connectivity index is 2.13. The molecule has 114 valence electrons. The zero-order valence-corrected chi connectivity index (χ0v) is 13.7. The number of carbonyl (C=O) groups is 1. The highest BCUT2D eigenvalue weighted by atomic mass is 35.5. The monoisotopic (exact) mass is 335 g/mol. The Hall–Kier alpha value is -1.97. The van der Waals surface area contributed by atoms with Crippen LogP contribution in [-0.2, 0) is 0 Å². The average molecular weight is 336 g/mol. The van der Waals surface area contributed by atoms with E-state index in [0.29, 0.717) is 32.7 Å². The highest BCUT2D eigenvalue weighted by Gasteiger charge is 2.07. The molecular weight excluding hydrogens is 321 g/mol. The summed E-state index contributed by atoms with van der Waals surface area (Å²) in [5.74, 6) is 0.604. The molecule has 0 aliphatic heterocycles. The number of benzene rings is 2. The summed E-state index contributed by atoms with van der Waals surface area (Å²) in [4.78, 5) is 12.2. The Labute approximate surface area is 139 Å². The van der Waals surface area contributed by atoms with Crippen molar-refractivity contribution in [3.8, 4) is 5.75 Å². The number of halogens is 2. The summed E-state index contributed by atoms with van der Waals surface area (Å²) in [7, 11) is 1.58. The molecule has 0 fully saturated rings. The van der Waals surface area contributed by atoms with E-state index in [1.165, 1.54) is 6.08 Å². The SMILES string of the molecule is COc1ccc(C(=O)/C=C(\C)Nc2cccc(Cl)c2Cl)cc1. The summed E-state index contributed by atoms with van der Waals surface area (Å²) >= 11 is 12.1. The van der Waals surface area contributed by atoms with Crippen molar-refractivity contribution in [1.82, 2.24) is 0 Å². The lowest BCUT2D eigenvalue weighted by Gasteiger charge is -2.09. The number of hydrogen-bond acceptors (Lipinski definition) is 3. The molecule has 0 amide bonds. The van der Waals surface area contributed by atoms with Crippen molar-refractivity contribution in [1.29, 1.82) is 0 Å². The minimum absolute atomic E-state index is 0.106. The van der Waals surface area contributed by atoms with Gasteiger partial charge in [0.05, 0.1) is 22.8 Å². The predicted octanol–water partition coefficient (Wildman–Crippen LogP) is 5.20. The van der Waals surface area contributed by atoms with E-state index < -0.39 is 0 Å². The first kappa shape index (κ1) is 16.4. The zero-order valence-electron chi connectivity index (χ0n) is 12.2. The molecular formula is C17H15Cl2NO2. The van der Waals surface area contributed by atoms with E-state index in [4.69, 9.17) is 27.9 Å². The number of carbonyl (C=O) groups excluding carboxylic acids is 1. The second-order valence-electron chi connectivity index (χ2n) is 4.65. The molecule has 0 bridgehead atoms. The Bertz CT molecular complexity index is 709. The first-order valence-electron chi connectivity index (χ1n) is 6.59. The molecule has 0 atom stereocenters. The molecule has 2 rings (SSSR count). The third kappa shape index (κ3) is 4.03. The van der Waals surface area contributed by atoms with E-state index in [1.54, 1.807) is 56.5 Å². The van der Waals surface area contributed by atoms with Gasteiger partial charge < -0.3 is 10.1 Å². The summed E-state index contributed by atoms with van der Waals surface area (Å²) < 4.78 is 5.07. The molecule has 2 aromatic carbocycles. The van der Waals surface area contributed by atoms with Gasteiger partial charge in [-0.3, -0.25) is 4.79 Å². The minimum Gasteiger partial charge on any atom is -0.497 e. The lowest BCUT2D eigenvalue weighted by molar-refractivity contribution is 0.104. The number of allylic oxidation sites excluding steroid dienone is 2. The number of nitrogens with one attached hydrogen (secondary N) is 1. The normalized spacial score (nSPS) is 11.2. The van der Waals surface area contributed by atoms with Gasteiger partial charge in [0, 0.05) is 17.3 Å². The zero-order chi connectivity index (χ0) is 16.1. The molecule has 0 spiro atoms. The molecule has 22 heavy (non-hydrogen) atoms. The van der Waals surface area contributed by atoms with Gasteiger partial charge in [-0.05, 0) is 43.3 Å². The van der Waals surface area contributed by atoms with Crippen molar-refractivity contribution < 1.29 is 9.53 Å². The summed E-state index contributed by atoms with van der Waals surface area (Å²) in [6.07, 6.45) is 1.51. The lowest BCUT2D eigenvalue weighted by atomic mass is 10.1. The second kappa shape index (κ2) is 7.34. The van der Waals surface area contributed by atoms with Crippen LogP contribution in [0.5, 0.6) is 5.75 Å². The van der Waals surface area contributed by atoms with E-state index in [0.717, 1.165) is 0 Å². The van der Waals surface area contributed by atoms with Crippen molar-refractivity contribution in [2.24, 2.45) is 0 Å². The molecule has 0 heterocycles. The van der Waals surface area contributed by atoms with E-state index in [9.17, 15) is 4.79 Å². The van der Waals surface area contributed by atoms with Gasteiger partial charge in [-0.1, -0.05) is 29.3 Å². The summed E-state index contributed by atoms with van der Waals surface area (Å²) in [5, 5.41) is 3.96. The van der Waals surface area contributed by atoms with Crippen LogP contribution in [-0.4, -0.2) is 12.9 Å². The van der Waals surface area contributed by atoms with Gasteiger partial charge in [-0.15, -0.1) is 0 Å². The van der Waals surface area contributed by atoms with Gasteiger partial charge >= 0.3 is 0 Å². The fraction of sp³-hybridized carbons (Fsp3) is 0.118. The molecule has 5 heteroatoms. The summed E-state index contributed by atoms with van der Waals surface area (Å²) in [6, 6.07) is 12.2. The molecule has 1 N–H and O–H groups in total. The minimum atomic E-state index is -0.106. The summed E-state index contributed by atoms with van der Waals surface area (Å²) in [6.45, 7) is 1.79. The molecule has 3 nitrogen and oxygen atoms in total. The predicted molar refractivity (Wildman–Crippen MR) is 91.2 cm³/mol. The van der Waals surface area contributed by atoms with Gasteiger partial charge in [0.2, 0.25) is 0 Å².